The van der Waals surface area contributed by atoms with E-state index in [0.29, 0.717) is 12.5 Å². The number of hydrogen-bond acceptors (Lipinski definition) is 2. The van der Waals surface area contributed by atoms with Crippen LogP contribution in [0.5, 0.6) is 5.75 Å². The van der Waals surface area contributed by atoms with E-state index in [1.54, 1.807) is 12.1 Å². The number of rotatable bonds is 6. The molecule has 0 aliphatic carbocycles. The van der Waals surface area contributed by atoms with E-state index in [1.807, 2.05) is 0 Å². The van der Waals surface area contributed by atoms with Gasteiger partial charge in [0.05, 0.1) is 0 Å². The van der Waals surface area contributed by atoms with E-state index in [9.17, 15) is 17.6 Å². The number of aliphatic imine (C=N–C) groups is 1. The van der Waals surface area contributed by atoms with Crippen LogP contribution in [0.4, 0.5) is 17.6 Å². The molecule has 0 radical (unpaired) electrons. The summed E-state index contributed by atoms with van der Waals surface area (Å²) in [6.45, 7) is -2.79. The van der Waals surface area contributed by atoms with Crippen molar-refractivity contribution in [2.24, 2.45) is 4.99 Å². The highest BCUT2D eigenvalue weighted by molar-refractivity contribution is 5.79. The quantitative estimate of drug-likeness (QED) is 0.474. The van der Waals surface area contributed by atoms with E-state index in [0.717, 1.165) is 11.6 Å². The minimum absolute atomic E-state index is 0.0347. The maximum Gasteiger partial charge on any atom is 0.387 e. The van der Waals surface area contributed by atoms with E-state index >= 15 is 0 Å². The van der Waals surface area contributed by atoms with Crippen molar-refractivity contribution in [2.45, 2.75) is 19.7 Å². The Morgan fingerprint density at radius 3 is 2.36 bits per heavy atom. The molecule has 0 unspecified atom stereocenters. The van der Waals surface area contributed by atoms with Crippen molar-refractivity contribution in [1.82, 2.24) is 10.6 Å². The number of halogens is 4. The number of nitrogens with zero attached hydrogens (tertiary/aromatic N) is 1. The second-order valence-electron chi connectivity index (χ2n) is 5.00. The van der Waals surface area contributed by atoms with Gasteiger partial charge in [-0.05, 0) is 29.8 Å². The summed E-state index contributed by atoms with van der Waals surface area (Å²) in [6.07, 6.45) is 0. The summed E-state index contributed by atoms with van der Waals surface area (Å²) < 4.78 is 55.9. The smallest absolute Gasteiger partial charge is 0.387 e. The highest BCUT2D eigenvalue weighted by Gasteiger charge is 2.14. The second kappa shape index (κ2) is 8.91. The summed E-state index contributed by atoms with van der Waals surface area (Å²) in [5, 5.41) is 5.78. The second-order valence-corrected chi connectivity index (χ2v) is 5.00. The van der Waals surface area contributed by atoms with Crippen LogP contribution < -0.4 is 15.4 Å². The van der Waals surface area contributed by atoms with Crippen molar-refractivity contribution in [3.05, 3.63) is 65.2 Å². The van der Waals surface area contributed by atoms with Crippen LogP contribution in [0.2, 0.25) is 0 Å². The molecule has 8 heteroatoms. The molecule has 0 saturated carbocycles. The van der Waals surface area contributed by atoms with Gasteiger partial charge in [0.25, 0.3) is 0 Å². The predicted octanol–water partition coefficient (Wildman–Crippen LogP) is 3.43. The van der Waals surface area contributed by atoms with Crippen LogP contribution in [-0.2, 0) is 13.1 Å². The highest BCUT2D eigenvalue weighted by atomic mass is 19.3. The Balaban J connectivity index is 1.97. The van der Waals surface area contributed by atoms with Crippen LogP contribution in [0.15, 0.2) is 47.5 Å². The molecule has 0 aliphatic heterocycles. The molecule has 134 valence electrons. The predicted molar refractivity (Wildman–Crippen MR) is 86.5 cm³/mol. The Labute approximate surface area is 142 Å². The first-order valence-electron chi connectivity index (χ1n) is 7.40. The summed E-state index contributed by atoms with van der Waals surface area (Å²) in [7, 11) is 1.51. The maximum atomic E-state index is 13.9. The topological polar surface area (TPSA) is 45.7 Å². The standard InChI is InChI=1S/C17H17F4N3O/c1-22-17(23-9-11-5-7-12(18)8-6-11)24-10-13-14(19)3-2-4-15(13)25-16(20)21/h2-8,16H,9-10H2,1H3,(H2,22,23,24). The molecular weight excluding hydrogens is 338 g/mol. The van der Waals surface area contributed by atoms with Gasteiger partial charge in [-0.3, -0.25) is 4.99 Å². The Hall–Kier alpha value is -2.77. The number of hydrogen-bond donors (Lipinski definition) is 2. The lowest BCUT2D eigenvalue weighted by Crippen LogP contribution is -2.36. The first-order chi connectivity index (χ1) is 12.0. The minimum atomic E-state index is -3.04. The third kappa shape index (κ3) is 5.66. The third-order valence-corrected chi connectivity index (χ3v) is 3.32. The van der Waals surface area contributed by atoms with Gasteiger partial charge in [-0.1, -0.05) is 18.2 Å². The zero-order chi connectivity index (χ0) is 18.2. The number of ether oxygens (including phenoxy) is 1. The zero-order valence-corrected chi connectivity index (χ0v) is 13.4. The molecule has 0 saturated heterocycles. The third-order valence-electron chi connectivity index (χ3n) is 3.32. The van der Waals surface area contributed by atoms with Gasteiger partial charge in [0.15, 0.2) is 5.96 Å². The lowest BCUT2D eigenvalue weighted by Gasteiger charge is -2.15. The van der Waals surface area contributed by atoms with E-state index in [4.69, 9.17) is 0 Å². The van der Waals surface area contributed by atoms with Gasteiger partial charge in [0.2, 0.25) is 0 Å². The Morgan fingerprint density at radius 1 is 1.04 bits per heavy atom. The van der Waals surface area contributed by atoms with Gasteiger partial charge in [-0.2, -0.15) is 8.78 Å². The molecule has 0 bridgehead atoms. The van der Waals surface area contributed by atoms with Gasteiger partial charge < -0.3 is 15.4 Å². The SMILES string of the molecule is CN=C(NCc1ccc(F)cc1)NCc1c(F)cccc1OC(F)F. The normalized spacial score (nSPS) is 11.5. The molecule has 0 spiro atoms. The van der Waals surface area contributed by atoms with Crippen LogP contribution in [0.3, 0.4) is 0 Å². The molecule has 0 aromatic heterocycles. The average molecular weight is 355 g/mol. The number of alkyl halides is 2. The van der Waals surface area contributed by atoms with Gasteiger partial charge in [0.1, 0.15) is 17.4 Å². The molecule has 0 fully saturated rings. The van der Waals surface area contributed by atoms with Crippen LogP contribution in [0.25, 0.3) is 0 Å². The summed E-state index contributed by atoms with van der Waals surface area (Å²) in [5.41, 5.74) is 0.782. The van der Waals surface area contributed by atoms with Crippen LogP contribution in [0.1, 0.15) is 11.1 Å². The fraction of sp³-hybridized carbons (Fsp3) is 0.235. The molecule has 0 heterocycles. The summed E-state index contributed by atoms with van der Waals surface area (Å²) in [4.78, 5) is 3.96. The van der Waals surface area contributed by atoms with Crippen molar-refractivity contribution in [3.63, 3.8) is 0 Å². The van der Waals surface area contributed by atoms with Crippen LogP contribution in [-0.4, -0.2) is 19.6 Å². The number of nitrogens with one attached hydrogen (secondary N) is 2. The fourth-order valence-corrected chi connectivity index (χ4v) is 2.10. The lowest BCUT2D eigenvalue weighted by atomic mass is 10.2. The Morgan fingerprint density at radius 2 is 1.72 bits per heavy atom. The monoisotopic (exact) mass is 355 g/mol. The molecular formula is C17H17F4N3O. The van der Waals surface area contributed by atoms with E-state index in [-0.39, 0.29) is 23.7 Å². The summed E-state index contributed by atoms with van der Waals surface area (Å²) >= 11 is 0. The van der Waals surface area contributed by atoms with Gasteiger partial charge in [-0.25, -0.2) is 8.78 Å². The van der Waals surface area contributed by atoms with Gasteiger partial charge >= 0.3 is 6.61 Å². The van der Waals surface area contributed by atoms with E-state index in [2.05, 4.69) is 20.4 Å². The molecule has 0 atom stereocenters. The molecule has 0 amide bonds. The molecule has 2 aromatic carbocycles. The molecule has 25 heavy (non-hydrogen) atoms. The minimum Gasteiger partial charge on any atom is -0.434 e. The average Bonchev–Trinajstić information content (AvgIpc) is 2.58. The Kier molecular flexibility index (Phi) is 6.62. The fourth-order valence-electron chi connectivity index (χ4n) is 2.10. The van der Waals surface area contributed by atoms with Crippen molar-refractivity contribution >= 4 is 5.96 Å². The Bertz CT molecular complexity index is 720. The maximum absolute atomic E-state index is 13.9. The molecule has 0 aliphatic rings. The molecule has 2 aromatic rings. The summed E-state index contributed by atoms with van der Waals surface area (Å²) in [5.74, 6) is -0.913. The van der Waals surface area contributed by atoms with E-state index < -0.39 is 12.4 Å². The van der Waals surface area contributed by atoms with Crippen molar-refractivity contribution < 1.29 is 22.3 Å². The molecule has 2 rings (SSSR count). The van der Waals surface area contributed by atoms with Gasteiger partial charge in [-0.15, -0.1) is 0 Å². The van der Waals surface area contributed by atoms with Gasteiger partial charge in [0, 0.05) is 25.7 Å². The van der Waals surface area contributed by atoms with Crippen LogP contribution in [0, 0.1) is 11.6 Å². The van der Waals surface area contributed by atoms with Crippen molar-refractivity contribution in [2.75, 3.05) is 7.05 Å². The number of guanidine groups is 1. The number of benzene rings is 2. The van der Waals surface area contributed by atoms with Crippen molar-refractivity contribution in [1.29, 1.82) is 0 Å². The molecule has 4 nitrogen and oxygen atoms in total. The van der Waals surface area contributed by atoms with E-state index in [1.165, 1.54) is 31.3 Å². The lowest BCUT2D eigenvalue weighted by molar-refractivity contribution is -0.0506. The van der Waals surface area contributed by atoms with Crippen molar-refractivity contribution in [3.8, 4) is 5.75 Å². The highest BCUT2D eigenvalue weighted by Crippen LogP contribution is 2.23. The molecule has 2 N–H and O–H groups in total. The largest absolute Gasteiger partial charge is 0.434 e. The summed E-state index contributed by atoms with van der Waals surface area (Å²) in [6, 6.07) is 9.60. The first-order valence-corrected chi connectivity index (χ1v) is 7.40. The zero-order valence-electron chi connectivity index (χ0n) is 13.4. The first kappa shape index (κ1) is 18.6. The van der Waals surface area contributed by atoms with Crippen LogP contribution >= 0.6 is 0 Å².